The average molecular weight is 336 g/mol. The van der Waals surface area contributed by atoms with Crippen LogP contribution in [0.2, 0.25) is 0 Å². The summed E-state index contributed by atoms with van der Waals surface area (Å²) in [7, 11) is 0. The second-order valence-electron chi connectivity index (χ2n) is 5.17. The zero-order valence-electron chi connectivity index (χ0n) is 13.4. The first-order chi connectivity index (χ1) is 11.4. The Morgan fingerprint density at radius 3 is 2.71 bits per heavy atom. The Bertz CT molecular complexity index is 716. The first kappa shape index (κ1) is 17.7. The van der Waals surface area contributed by atoms with Crippen LogP contribution >= 0.6 is 0 Å². The topological polar surface area (TPSA) is 58.6 Å². The van der Waals surface area contributed by atoms with Crippen LogP contribution in [0.1, 0.15) is 25.5 Å². The van der Waals surface area contributed by atoms with Crippen molar-refractivity contribution in [3.05, 3.63) is 59.3 Å². The van der Waals surface area contributed by atoms with Crippen LogP contribution in [0.15, 0.2) is 42.1 Å². The van der Waals surface area contributed by atoms with E-state index in [1.165, 1.54) is 17.0 Å². The lowest BCUT2D eigenvalue weighted by Gasteiger charge is -2.34. The number of amides is 2. The average Bonchev–Trinajstić information content (AvgIpc) is 2.53. The molecule has 2 amide bonds. The van der Waals surface area contributed by atoms with Crippen molar-refractivity contribution < 1.29 is 23.1 Å². The smallest absolute Gasteiger partial charge is 0.338 e. The molecule has 0 radical (unpaired) electrons. The van der Waals surface area contributed by atoms with Gasteiger partial charge in [0.15, 0.2) is 11.6 Å². The van der Waals surface area contributed by atoms with Crippen molar-refractivity contribution in [3.8, 4) is 0 Å². The van der Waals surface area contributed by atoms with E-state index in [1.807, 2.05) is 0 Å². The molecule has 1 aliphatic rings. The van der Waals surface area contributed by atoms with Gasteiger partial charge in [0, 0.05) is 12.2 Å². The van der Waals surface area contributed by atoms with E-state index in [1.54, 1.807) is 13.8 Å². The van der Waals surface area contributed by atoms with Gasteiger partial charge in [-0.3, -0.25) is 4.90 Å². The summed E-state index contributed by atoms with van der Waals surface area (Å²) in [6.45, 7) is 7.18. The second kappa shape index (κ2) is 7.25. The number of benzene rings is 1. The van der Waals surface area contributed by atoms with Crippen LogP contribution in [0.4, 0.5) is 13.6 Å². The summed E-state index contributed by atoms with van der Waals surface area (Å²) in [4.78, 5) is 25.9. The highest BCUT2D eigenvalue weighted by molar-refractivity contribution is 5.95. The quantitative estimate of drug-likeness (QED) is 0.664. The molecule has 0 spiro atoms. The maximum Gasteiger partial charge on any atom is 0.338 e. The van der Waals surface area contributed by atoms with Gasteiger partial charge in [-0.05, 0) is 31.5 Å². The van der Waals surface area contributed by atoms with Crippen molar-refractivity contribution in [3.63, 3.8) is 0 Å². The van der Waals surface area contributed by atoms with Gasteiger partial charge in [-0.1, -0.05) is 12.1 Å². The molecule has 5 nitrogen and oxygen atoms in total. The minimum absolute atomic E-state index is 0.148. The Labute approximate surface area is 138 Å². The van der Waals surface area contributed by atoms with E-state index in [9.17, 15) is 18.4 Å². The summed E-state index contributed by atoms with van der Waals surface area (Å²) in [6, 6.07) is 1.84. The number of ether oxygens (including phenoxy) is 1. The molecular formula is C17H18F2N2O3. The molecule has 1 atom stereocenters. The lowest BCUT2D eigenvalue weighted by molar-refractivity contribution is -0.139. The zero-order chi connectivity index (χ0) is 17.9. The van der Waals surface area contributed by atoms with E-state index in [4.69, 9.17) is 4.74 Å². The summed E-state index contributed by atoms with van der Waals surface area (Å²) >= 11 is 0. The van der Waals surface area contributed by atoms with E-state index in [-0.39, 0.29) is 24.3 Å². The number of nitrogens with zero attached hydrogens (tertiary/aromatic N) is 1. The molecule has 2 rings (SSSR count). The van der Waals surface area contributed by atoms with Gasteiger partial charge < -0.3 is 10.1 Å². The minimum atomic E-state index is -1.06. The van der Waals surface area contributed by atoms with E-state index in [0.29, 0.717) is 5.70 Å². The number of nitrogens with one attached hydrogen (secondary N) is 1. The Balaban J connectivity index is 2.55. The fourth-order valence-electron chi connectivity index (χ4n) is 2.55. The molecule has 0 bridgehead atoms. The lowest BCUT2D eigenvalue weighted by atomic mass is 9.94. The third-order valence-corrected chi connectivity index (χ3v) is 3.68. The van der Waals surface area contributed by atoms with Crippen molar-refractivity contribution in [1.29, 1.82) is 0 Å². The Hall–Kier alpha value is -2.70. The fourth-order valence-corrected chi connectivity index (χ4v) is 2.55. The lowest BCUT2D eigenvalue weighted by Crippen LogP contribution is -2.48. The summed E-state index contributed by atoms with van der Waals surface area (Å²) in [5.41, 5.74) is 0.805. The summed E-state index contributed by atoms with van der Waals surface area (Å²) in [5.74, 6) is -2.69. The van der Waals surface area contributed by atoms with Gasteiger partial charge in [-0.15, -0.1) is 6.58 Å². The first-order valence-electron chi connectivity index (χ1n) is 7.42. The van der Waals surface area contributed by atoms with Crippen LogP contribution in [0.5, 0.6) is 0 Å². The summed E-state index contributed by atoms with van der Waals surface area (Å²) in [6.07, 6.45) is 1.52. The molecule has 0 unspecified atom stereocenters. The highest BCUT2D eigenvalue weighted by atomic mass is 19.2. The molecule has 0 aliphatic carbocycles. The van der Waals surface area contributed by atoms with Crippen LogP contribution in [-0.2, 0) is 9.53 Å². The first-order valence-corrected chi connectivity index (χ1v) is 7.42. The molecule has 24 heavy (non-hydrogen) atoms. The monoisotopic (exact) mass is 336 g/mol. The maximum atomic E-state index is 13.6. The van der Waals surface area contributed by atoms with Crippen LogP contribution in [0, 0.1) is 11.6 Å². The molecular weight excluding hydrogens is 318 g/mol. The molecule has 0 saturated carbocycles. The number of rotatable bonds is 5. The molecule has 128 valence electrons. The van der Waals surface area contributed by atoms with Crippen molar-refractivity contribution in [2.75, 3.05) is 13.2 Å². The molecule has 1 aromatic rings. The van der Waals surface area contributed by atoms with Gasteiger partial charge in [0.2, 0.25) is 0 Å². The van der Waals surface area contributed by atoms with Crippen molar-refractivity contribution >= 4 is 12.0 Å². The third kappa shape index (κ3) is 3.29. The number of hydrogen-bond donors (Lipinski definition) is 1. The van der Waals surface area contributed by atoms with Gasteiger partial charge in [0.25, 0.3) is 0 Å². The van der Waals surface area contributed by atoms with Gasteiger partial charge >= 0.3 is 12.0 Å². The largest absolute Gasteiger partial charge is 0.463 e. The molecule has 1 N–H and O–H groups in total. The van der Waals surface area contributed by atoms with Crippen LogP contribution in [0.25, 0.3) is 0 Å². The molecule has 0 aromatic heterocycles. The van der Waals surface area contributed by atoms with Crippen LogP contribution in [-0.4, -0.2) is 30.1 Å². The maximum absolute atomic E-state index is 13.6. The van der Waals surface area contributed by atoms with E-state index in [0.717, 1.165) is 12.1 Å². The van der Waals surface area contributed by atoms with Crippen LogP contribution < -0.4 is 5.32 Å². The highest BCUT2D eigenvalue weighted by Gasteiger charge is 2.36. The Morgan fingerprint density at radius 1 is 1.42 bits per heavy atom. The number of hydrogen-bond acceptors (Lipinski definition) is 3. The molecule has 0 saturated heterocycles. The number of carbonyl (C=O) groups excluding carboxylic acids is 2. The van der Waals surface area contributed by atoms with E-state index < -0.39 is 29.7 Å². The Morgan fingerprint density at radius 2 is 2.12 bits per heavy atom. The number of carbonyl (C=O) groups is 2. The molecule has 1 heterocycles. The number of esters is 1. The van der Waals surface area contributed by atoms with E-state index in [2.05, 4.69) is 11.9 Å². The molecule has 7 heteroatoms. The fraction of sp³-hybridized carbons (Fsp3) is 0.294. The predicted molar refractivity (Wildman–Crippen MR) is 83.9 cm³/mol. The third-order valence-electron chi connectivity index (χ3n) is 3.68. The summed E-state index contributed by atoms with van der Waals surface area (Å²) < 4.78 is 31.8. The number of urea groups is 1. The van der Waals surface area contributed by atoms with E-state index >= 15 is 0 Å². The Kier molecular flexibility index (Phi) is 5.33. The van der Waals surface area contributed by atoms with Gasteiger partial charge in [-0.25, -0.2) is 18.4 Å². The zero-order valence-corrected chi connectivity index (χ0v) is 13.4. The number of halogens is 2. The molecule has 0 fully saturated rings. The van der Waals surface area contributed by atoms with Crippen molar-refractivity contribution in [2.24, 2.45) is 0 Å². The van der Waals surface area contributed by atoms with Crippen LogP contribution in [0.3, 0.4) is 0 Å². The SMILES string of the molecule is C=CCN1C(=O)N[C@@H](c2ccc(F)c(F)c2)C(C(=O)OCC)=C1C. The normalized spacial score (nSPS) is 17.6. The molecule has 1 aliphatic heterocycles. The van der Waals surface area contributed by atoms with Gasteiger partial charge in [-0.2, -0.15) is 0 Å². The van der Waals surface area contributed by atoms with Gasteiger partial charge in [0.1, 0.15) is 0 Å². The highest BCUT2D eigenvalue weighted by Crippen LogP contribution is 2.31. The predicted octanol–water partition coefficient (Wildman–Crippen LogP) is 3.05. The standard InChI is InChI=1S/C17H18F2N2O3/c1-4-8-21-10(3)14(16(22)24-5-2)15(20-17(21)23)11-6-7-12(18)13(19)9-11/h4,6-7,9,15H,1,5,8H2,2-3H3,(H,20,23)/t15-/m0/s1. The summed E-state index contributed by atoms with van der Waals surface area (Å²) in [5, 5.41) is 2.63. The van der Waals surface area contributed by atoms with Crippen molar-refractivity contribution in [2.45, 2.75) is 19.9 Å². The van der Waals surface area contributed by atoms with Gasteiger partial charge in [0.05, 0.1) is 18.2 Å². The minimum Gasteiger partial charge on any atom is -0.463 e. The second-order valence-corrected chi connectivity index (χ2v) is 5.17. The number of allylic oxidation sites excluding steroid dienone is 1. The molecule has 1 aromatic carbocycles. The van der Waals surface area contributed by atoms with Crippen molar-refractivity contribution in [1.82, 2.24) is 10.2 Å².